The van der Waals surface area contributed by atoms with Crippen LogP contribution in [0.25, 0.3) is 27.6 Å². The van der Waals surface area contributed by atoms with Gasteiger partial charge in [-0.15, -0.1) is 0 Å². The highest BCUT2D eigenvalue weighted by molar-refractivity contribution is 6.13. The summed E-state index contributed by atoms with van der Waals surface area (Å²) in [6.07, 6.45) is 5.13. The van der Waals surface area contributed by atoms with Gasteiger partial charge in [0.15, 0.2) is 5.78 Å². The Morgan fingerprint density at radius 1 is 0.941 bits per heavy atom. The number of hydrogen-bond donors (Lipinski definition) is 2. The fraction of sp³-hybridized carbons (Fsp3) is 0.400. The Morgan fingerprint density at radius 2 is 1.69 bits per heavy atom. The number of esters is 3. The molecule has 264 valence electrons. The van der Waals surface area contributed by atoms with E-state index in [0.29, 0.717) is 28.9 Å². The second kappa shape index (κ2) is 12.5. The number of ether oxygens (including phenoxy) is 3. The van der Waals surface area contributed by atoms with E-state index in [-0.39, 0.29) is 42.0 Å². The van der Waals surface area contributed by atoms with E-state index >= 15 is 0 Å². The third-order valence-corrected chi connectivity index (χ3v) is 11.5. The van der Waals surface area contributed by atoms with Crippen LogP contribution in [0.5, 0.6) is 0 Å². The minimum atomic E-state index is -1.10. The summed E-state index contributed by atoms with van der Waals surface area (Å²) in [6.45, 7) is 10.1. The standard InChI is InChI=1S/C40H42N4O7/c1-9-21-18(2)26-15-27-19(3)22(11-13-33(46)49-6)36(43-27)24-14-31(45)34-20(4)28(44-37(24)34)16-30-25-12-10-23(38(47)50-7)35(39(48)51-8)40(25,5)32(42-30)17-29(21)41-26/h10,12,15-17,19,22,35,41,44H,9,11,13-14H2,1-8H3/t19-,22-,35?,40?/m0/s1. The quantitative estimate of drug-likeness (QED) is 0.224. The van der Waals surface area contributed by atoms with Crippen molar-refractivity contribution in [3.05, 3.63) is 86.5 Å². The van der Waals surface area contributed by atoms with Gasteiger partial charge in [-0.25, -0.2) is 4.79 Å². The number of H-pyrrole nitrogens is 2. The molecule has 4 atom stereocenters. The molecule has 3 aromatic rings. The number of aromatic nitrogens is 4. The van der Waals surface area contributed by atoms with Gasteiger partial charge in [0.05, 0.1) is 54.9 Å². The summed E-state index contributed by atoms with van der Waals surface area (Å²) in [5.74, 6) is -2.66. The first kappa shape index (κ1) is 34.1. The average Bonchev–Trinajstić information content (AvgIpc) is 3.87. The van der Waals surface area contributed by atoms with Crippen molar-refractivity contribution in [2.45, 2.75) is 77.6 Å². The maximum Gasteiger partial charge on any atom is 0.334 e. The highest BCUT2D eigenvalue weighted by Crippen LogP contribution is 2.52. The molecule has 0 radical (unpaired) electrons. The van der Waals surface area contributed by atoms with Gasteiger partial charge in [0.2, 0.25) is 0 Å². The van der Waals surface area contributed by atoms with Crippen LogP contribution in [0.2, 0.25) is 0 Å². The number of rotatable bonds is 6. The second-order valence-corrected chi connectivity index (χ2v) is 14.0. The minimum Gasteiger partial charge on any atom is -0.469 e. The van der Waals surface area contributed by atoms with Crippen LogP contribution in [0.3, 0.4) is 0 Å². The zero-order valence-electron chi connectivity index (χ0n) is 30.2. The third-order valence-electron chi connectivity index (χ3n) is 11.5. The van der Waals surface area contributed by atoms with Gasteiger partial charge >= 0.3 is 17.9 Å². The lowest BCUT2D eigenvalue weighted by molar-refractivity contribution is -0.149. The minimum absolute atomic E-state index is 0.00136. The monoisotopic (exact) mass is 690 g/mol. The maximum atomic E-state index is 13.7. The number of carbonyl (C=O) groups excluding carboxylic acids is 4. The summed E-state index contributed by atoms with van der Waals surface area (Å²) in [5.41, 5.74) is 10.2. The van der Waals surface area contributed by atoms with Crippen LogP contribution in [0.1, 0.15) is 101 Å². The lowest BCUT2D eigenvalue weighted by atomic mass is 9.64. The average molecular weight is 691 g/mol. The largest absolute Gasteiger partial charge is 0.469 e. The molecular weight excluding hydrogens is 648 g/mol. The molecule has 0 saturated carbocycles. The Balaban J connectivity index is 1.61. The lowest BCUT2D eigenvalue weighted by Crippen LogP contribution is -2.42. The van der Waals surface area contributed by atoms with E-state index in [0.717, 1.165) is 62.2 Å². The van der Waals surface area contributed by atoms with Gasteiger partial charge in [0, 0.05) is 58.0 Å². The molecule has 11 nitrogen and oxygen atoms in total. The van der Waals surface area contributed by atoms with Gasteiger partial charge in [-0.1, -0.05) is 26.0 Å². The Kier molecular flexibility index (Phi) is 8.35. The molecule has 0 aromatic carbocycles. The van der Waals surface area contributed by atoms with Crippen molar-refractivity contribution in [2.24, 2.45) is 5.92 Å². The predicted octanol–water partition coefficient (Wildman–Crippen LogP) is 6.32. The number of Topliss-reactive ketones (excluding diaryl/α,β-unsaturated/α-hetero) is 1. The number of methoxy groups -OCH3 is 3. The van der Waals surface area contributed by atoms with Crippen molar-refractivity contribution >= 4 is 51.3 Å². The normalized spacial score (nSPS) is 21.9. The van der Waals surface area contributed by atoms with Crippen molar-refractivity contribution in [1.82, 2.24) is 19.9 Å². The zero-order chi connectivity index (χ0) is 36.5. The molecule has 2 N–H and O–H groups in total. The van der Waals surface area contributed by atoms with E-state index in [9.17, 15) is 19.2 Å². The summed E-state index contributed by atoms with van der Waals surface area (Å²) in [6, 6.07) is 5.94. The van der Waals surface area contributed by atoms with Crippen LogP contribution >= 0.6 is 0 Å². The molecule has 0 fully saturated rings. The second-order valence-electron chi connectivity index (χ2n) is 14.0. The van der Waals surface area contributed by atoms with Crippen LogP contribution in [-0.2, 0) is 46.9 Å². The number of hydrogen-bond acceptors (Lipinski definition) is 9. The van der Waals surface area contributed by atoms with E-state index in [1.807, 2.05) is 32.1 Å². The van der Waals surface area contributed by atoms with Crippen LogP contribution < -0.4 is 0 Å². The molecule has 5 heterocycles. The first-order chi connectivity index (χ1) is 24.4. The van der Waals surface area contributed by atoms with Crippen molar-refractivity contribution in [3.8, 4) is 0 Å². The molecule has 8 bridgehead atoms. The van der Waals surface area contributed by atoms with Crippen molar-refractivity contribution in [3.63, 3.8) is 0 Å². The number of fused-ring (bicyclic) bond motifs is 11. The molecule has 0 spiro atoms. The molecule has 0 saturated heterocycles. The van der Waals surface area contributed by atoms with Crippen LogP contribution in [0.15, 0.2) is 35.9 Å². The molecule has 2 unspecified atom stereocenters. The van der Waals surface area contributed by atoms with Gasteiger partial charge in [0.25, 0.3) is 0 Å². The number of aryl methyl sites for hydroxylation is 3. The van der Waals surface area contributed by atoms with E-state index in [2.05, 4.69) is 36.8 Å². The fourth-order valence-electron chi connectivity index (χ4n) is 8.62. The Morgan fingerprint density at radius 3 is 2.37 bits per heavy atom. The molecule has 4 aliphatic rings. The van der Waals surface area contributed by atoms with Crippen molar-refractivity contribution in [2.75, 3.05) is 21.3 Å². The topological polar surface area (TPSA) is 153 Å². The number of nitrogens with zero attached hydrogens (tertiary/aromatic N) is 2. The van der Waals surface area contributed by atoms with Gasteiger partial charge in [-0.2, -0.15) is 0 Å². The number of allylic oxidation sites excluding steroid dienone is 3. The van der Waals surface area contributed by atoms with E-state index in [4.69, 9.17) is 24.2 Å². The van der Waals surface area contributed by atoms with Gasteiger partial charge in [-0.3, -0.25) is 24.4 Å². The van der Waals surface area contributed by atoms with Crippen LogP contribution in [-0.4, -0.2) is 65.0 Å². The van der Waals surface area contributed by atoms with Crippen molar-refractivity contribution < 1.29 is 33.4 Å². The lowest BCUT2D eigenvalue weighted by Gasteiger charge is -2.36. The third kappa shape index (κ3) is 5.07. The molecule has 51 heavy (non-hydrogen) atoms. The summed E-state index contributed by atoms with van der Waals surface area (Å²) < 4.78 is 15.4. The molecule has 3 aromatic heterocycles. The summed E-state index contributed by atoms with van der Waals surface area (Å²) in [5, 5.41) is 0. The molecular formula is C40H42N4O7. The van der Waals surface area contributed by atoms with E-state index in [1.165, 1.54) is 21.3 Å². The van der Waals surface area contributed by atoms with Crippen LogP contribution in [0, 0.1) is 19.8 Å². The number of nitrogens with one attached hydrogen (secondary N) is 2. The Labute approximate surface area is 295 Å². The van der Waals surface area contributed by atoms with Crippen molar-refractivity contribution in [1.29, 1.82) is 0 Å². The molecule has 7 rings (SSSR count). The Bertz CT molecular complexity index is 2290. The summed E-state index contributed by atoms with van der Waals surface area (Å²) in [7, 11) is 3.99. The maximum absolute atomic E-state index is 13.7. The molecule has 2 aliphatic carbocycles. The smallest absolute Gasteiger partial charge is 0.334 e. The van der Waals surface area contributed by atoms with E-state index < -0.39 is 23.3 Å². The zero-order valence-corrected chi connectivity index (χ0v) is 30.2. The predicted molar refractivity (Wildman–Crippen MR) is 191 cm³/mol. The first-order valence-electron chi connectivity index (χ1n) is 17.3. The fourth-order valence-corrected chi connectivity index (χ4v) is 8.62. The molecule has 11 heteroatoms. The highest BCUT2D eigenvalue weighted by Gasteiger charge is 2.53. The summed E-state index contributed by atoms with van der Waals surface area (Å²) in [4.78, 5) is 70.3. The molecule has 0 amide bonds. The highest BCUT2D eigenvalue weighted by atomic mass is 16.5. The summed E-state index contributed by atoms with van der Waals surface area (Å²) >= 11 is 0. The van der Waals surface area contributed by atoms with Gasteiger partial charge in [-0.05, 0) is 74.1 Å². The number of ketones is 1. The Hall–Kier alpha value is -5.32. The van der Waals surface area contributed by atoms with Crippen LogP contribution in [0.4, 0.5) is 0 Å². The van der Waals surface area contributed by atoms with Gasteiger partial charge < -0.3 is 24.2 Å². The van der Waals surface area contributed by atoms with Gasteiger partial charge in [0.1, 0.15) is 5.92 Å². The number of carbonyl (C=O) groups is 4. The number of aromatic amines is 2. The molecule has 2 aliphatic heterocycles. The SMILES string of the molecule is CCc1c(C)c2cc3nc(c4c5[nH]c(cc6nc(cc1[nH]2)C1(C)C6=CC=C(C(=O)OC)C1C(=O)OC)c(C)c5C(=O)C4)[C@@H](CCC(=O)OC)[C@@H]3C. The van der Waals surface area contributed by atoms with E-state index in [1.54, 1.807) is 6.08 Å². The first-order valence-corrected chi connectivity index (χ1v) is 17.3.